The molecule has 0 spiro atoms. The van der Waals surface area contributed by atoms with Crippen molar-refractivity contribution in [1.82, 2.24) is 0 Å². The normalized spacial score (nSPS) is 12.9. The fourth-order valence-corrected chi connectivity index (χ4v) is 1.32. The molecule has 4 heteroatoms. The number of alkyl halides is 2. The molecule has 0 aromatic heterocycles. The molecule has 1 atom stereocenters. The van der Waals surface area contributed by atoms with E-state index in [2.05, 4.69) is 0 Å². The lowest BCUT2D eigenvalue weighted by Crippen LogP contribution is -2.23. The Bertz CT molecular complexity index is 298. The quantitative estimate of drug-likeness (QED) is 0.833. The van der Waals surface area contributed by atoms with E-state index in [0.717, 1.165) is 11.3 Å². The van der Waals surface area contributed by atoms with Crippen LogP contribution in [0.4, 0.5) is 14.5 Å². The molecular weight excluding hydrogens is 200 g/mol. The van der Waals surface area contributed by atoms with Gasteiger partial charge in [-0.15, -0.1) is 0 Å². The van der Waals surface area contributed by atoms with Crippen molar-refractivity contribution >= 4 is 5.69 Å². The highest BCUT2D eigenvalue weighted by Crippen LogP contribution is 2.18. The van der Waals surface area contributed by atoms with Crippen molar-refractivity contribution in [1.29, 1.82) is 0 Å². The van der Waals surface area contributed by atoms with E-state index in [1.807, 2.05) is 0 Å². The second-order valence-electron chi connectivity index (χ2n) is 3.54. The number of hydrogen-bond donors (Lipinski definition) is 1. The lowest BCUT2D eigenvalue weighted by molar-refractivity contribution is 0.156. The van der Waals surface area contributed by atoms with Gasteiger partial charge in [0, 0.05) is 12.7 Å². The maximum absolute atomic E-state index is 12.1. The molecule has 0 bridgehead atoms. The number of anilines is 1. The molecule has 84 valence electrons. The summed E-state index contributed by atoms with van der Waals surface area (Å²) < 4.78 is 24.2. The molecule has 0 unspecified atom stereocenters. The van der Waals surface area contributed by atoms with Crippen molar-refractivity contribution in [2.75, 3.05) is 18.5 Å². The van der Waals surface area contributed by atoms with Gasteiger partial charge in [0.25, 0.3) is 6.43 Å². The number of hydrogen-bond acceptors (Lipinski definition) is 2. The van der Waals surface area contributed by atoms with Gasteiger partial charge < -0.3 is 10.0 Å². The molecule has 0 aliphatic heterocycles. The highest BCUT2D eigenvalue weighted by Gasteiger charge is 2.08. The summed E-state index contributed by atoms with van der Waals surface area (Å²) in [6.45, 7) is 1.38. The van der Waals surface area contributed by atoms with Crippen LogP contribution in [0.25, 0.3) is 0 Å². The summed E-state index contributed by atoms with van der Waals surface area (Å²) in [5.74, 6) is 0. The molecule has 0 saturated heterocycles. The molecule has 1 aromatic carbocycles. The summed E-state index contributed by atoms with van der Waals surface area (Å²) in [6, 6.07) is 6.93. The van der Waals surface area contributed by atoms with Gasteiger partial charge in [0.15, 0.2) is 0 Å². The molecule has 15 heavy (non-hydrogen) atoms. The zero-order chi connectivity index (χ0) is 11.4. The summed E-state index contributed by atoms with van der Waals surface area (Å²) in [5, 5.41) is 9.27. The van der Waals surface area contributed by atoms with Crippen molar-refractivity contribution < 1.29 is 13.9 Å². The SMILES string of the molecule is C[C@H](O)c1ccc(N(C)CC(F)F)cc1. The number of nitrogens with zero attached hydrogens (tertiary/aromatic N) is 1. The summed E-state index contributed by atoms with van der Waals surface area (Å²) in [4.78, 5) is 1.48. The average Bonchev–Trinajstić information content (AvgIpc) is 2.17. The molecule has 0 heterocycles. The Morgan fingerprint density at radius 2 is 1.80 bits per heavy atom. The van der Waals surface area contributed by atoms with Gasteiger partial charge in [0.2, 0.25) is 0 Å². The van der Waals surface area contributed by atoms with Crippen LogP contribution < -0.4 is 4.90 Å². The first-order valence-electron chi connectivity index (χ1n) is 4.78. The Morgan fingerprint density at radius 3 is 2.20 bits per heavy atom. The summed E-state index contributed by atoms with van der Waals surface area (Å²) in [6.07, 6.45) is -2.87. The molecule has 1 rings (SSSR count). The third kappa shape index (κ3) is 3.47. The van der Waals surface area contributed by atoms with Gasteiger partial charge in [0.1, 0.15) is 0 Å². The molecule has 0 radical (unpaired) electrons. The van der Waals surface area contributed by atoms with E-state index >= 15 is 0 Å². The number of halogens is 2. The van der Waals surface area contributed by atoms with Gasteiger partial charge in [-0.3, -0.25) is 0 Å². The monoisotopic (exact) mass is 215 g/mol. The third-order valence-electron chi connectivity index (χ3n) is 2.23. The average molecular weight is 215 g/mol. The van der Waals surface area contributed by atoms with E-state index in [4.69, 9.17) is 0 Å². The molecule has 0 amide bonds. The van der Waals surface area contributed by atoms with Crippen LogP contribution in [-0.4, -0.2) is 25.1 Å². The largest absolute Gasteiger partial charge is 0.389 e. The Balaban J connectivity index is 2.71. The van der Waals surface area contributed by atoms with Crippen molar-refractivity contribution in [2.24, 2.45) is 0 Å². The fourth-order valence-electron chi connectivity index (χ4n) is 1.32. The van der Waals surface area contributed by atoms with Crippen LogP contribution in [0, 0.1) is 0 Å². The predicted octanol–water partition coefficient (Wildman–Crippen LogP) is 2.44. The molecule has 1 aromatic rings. The van der Waals surface area contributed by atoms with E-state index in [1.54, 1.807) is 38.2 Å². The van der Waals surface area contributed by atoms with Crippen molar-refractivity contribution in [3.05, 3.63) is 29.8 Å². The lowest BCUT2D eigenvalue weighted by Gasteiger charge is -2.19. The maximum atomic E-state index is 12.1. The van der Waals surface area contributed by atoms with Gasteiger partial charge in [0.05, 0.1) is 12.6 Å². The van der Waals surface area contributed by atoms with Crippen LogP contribution in [0.2, 0.25) is 0 Å². The first-order chi connectivity index (χ1) is 7.00. The number of aliphatic hydroxyl groups excluding tert-OH is 1. The van der Waals surface area contributed by atoms with Crippen molar-refractivity contribution in [3.8, 4) is 0 Å². The molecule has 2 nitrogen and oxygen atoms in total. The summed E-state index contributed by atoms with van der Waals surface area (Å²) >= 11 is 0. The molecule has 0 aliphatic carbocycles. The van der Waals surface area contributed by atoms with Crippen LogP contribution in [0.5, 0.6) is 0 Å². The topological polar surface area (TPSA) is 23.5 Å². The highest BCUT2D eigenvalue weighted by atomic mass is 19.3. The smallest absolute Gasteiger partial charge is 0.255 e. The van der Waals surface area contributed by atoms with Crippen LogP contribution in [0.3, 0.4) is 0 Å². The number of aliphatic hydroxyl groups is 1. The Hall–Kier alpha value is -1.16. The fraction of sp³-hybridized carbons (Fsp3) is 0.455. The van der Waals surface area contributed by atoms with E-state index in [0.29, 0.717) is 0 Å². The first kappa shape index (κ1) is 11.9. The molecule has 1 N–H and O–H groups in total. The minimum absolute atomic E-state index is 0.284. The van der Waals surface area contributed by atoms with Crippen LogP contribution >= 0.6 is 0 Å². The first-order valence-corrected chi connectivity index (χ1v) is 4.78. The minimum atomic E-state index is -2.34. The van der Waals surface area contributed by atoms with E-state index < -0.39 is 12.5 Å². The predicted molar refractivity (Wildman–Crippen MR) is 56.3 cm³/mol. The highest BCUT2D eigenvalue weighted by molar-refractivity contribution is 5.47. The molecule has 0 aliphatic rings. The second-order valence-corrected chi connectivity index (χ2v) is 3.54. The summed E-state index contributed by atoms with van der Waals surface area (Å²) in [5.41, 5.74) is 1.50. The Labute approximate surface area is 88.1 Å². The minimum Gasteiger partial charge on any atom is -0.389 e. The Kier molecular flexibility index (Phi) is 4.03. The molecule has 0 fully saturated rings. The zero-order valence-electron chi connectivity index (χ0n) is 8.82. The van der Waals surface area contributed by atoms with Crippen LogP contribution in [0.1, 0.15) is 18.6 Å². The number of benzene rings is 1. The van der Waals surface area contributed by atoms with Crippen molar-refractivity contribution in [2.45, 2.75) is 19.5 Å². The summed E-state index contributed by atoms with van der Waals surface area (Å²) in [7, 11) is 1.61. The van der Waals surface area contributed by atoms with Gasteiger partial charge in [-0.1, -0.05) is 12.1 Å². The van der Waals surface area contributed by atoms with Crippen molar-refractivity contribution in [3.63, 3.8) is 0 Å². The van der Waals surface area contributed by atoms with Gasteiger partial charge in [-0.25, -0.2) is 8.78 Å². The molecule has 0 saturated carbocycles. The maximum Gasteiger partial charge on any atom is 0.255 e. The van der Waals surface area contributed by atoms with Gasteiger partial charge >= 0.3 is 0 Å². The third-order valence-corrected chi connectivity index (χ3v) is 2.23. The number of rotatable bonds is 4. The van der Waals surface area contributed by atoms with E-state index in [9.17, 15) is 13.9 Å². The molecular formula is C11H15F2NO. The van der Waals surface area contributed by atoms with Gasteiger partial charge in [-0.05, 0) is 24.6 Å². The lowest BCUT2D eigenvalue weighted by atomic mass is 10.1. The van der Waals surface area contributed by atoms with Crippen LogP contribution in [0.15, 0.2) is 24.3 Å². The second kappa shape index (κ2) is 5.07. The Morgan fingerprint density at radius 1 is 1.27 bits per heavy atom. The zero-order valence-corrected chi connectivity index (χ0v) is 8.82. The van der Waals surface area contributed by atoms with E-state index in [1.165, 1.54) is 4.90 Å². The van der Waals surface area contributed by atoms with Crippen LogP contribution in [-0.2, 0) is 0 Å². The van der Waals surface area contributed by atoms with E-state index in [-0.39, 0.29) is 6.54 Å². The standard InChI is InChI=1S/C11H15F2NO/c1-8(15)9-3-5-10(6-4-9)14(2)7-11(12)13/h3-6,8,11,15H,7H2,1-2H3/t8-/m0/s1. The van der Waals surface area contributed by atoms with Gasteiger partial charge in [-0.2, -0.15) is 0 Å².